The molecule has 0 spiro atoms. The molecular weight excluding hydrogens is 391 g/mol. The summed E-state index contributed by atoms with van der Waals surface area (Å²) >= 11 is 0. The number of hydrogen-bond acceptors (Lipinski definition) is 6. The van der Waals surface area contributed by atoms with Gasteiger partial charge >= 0.3 is 5.97 Å². The molecular formula is C18H19FN2O6S. The highest BCUT2D eigenvalue weighted by Crippen LogP contribution is 2.16. The molecule has 2 aromatic carbocycles. The normalized spacial score (nSPS) is 10.9. The number of anilines is 1. The Bertz CT molecular complexity index is 914. The van der Waals surface area contributed by atoms with Crippen LogP contribution in [0.15, 0.2) is 53.4 Å². The molecule has 0 aliphatic rings. The lowest BCUT2D eigenvalue weighted by atomic mass is 10.3. The molecule has 150 valence electrons. The highest BCUT2D eigenvalue weighted by atomic mass is 32.2. The minimum atomic E-state index is -3.82. The number of hydrogen-bond donors (Lipinski definition) is 2. The molecule has 8 nitrogen and oxygen atoms in total. The van der Waals surface area contributed by atoms with Gasteiger partial charge in [-0.25, -0.2) is 22.3 Å². The topological polar surface area (TPSA) is 111 Å². The average Bonchev–Trinajstić information content (AvgIpc) is 2.67. The lowest BCUT2D eigenvalue weighted by Gasteiger charge is -2.09. The first-order chi connectivity index (χ1) is 13.3. The van der Waals surface area contributed by atoms with Crippen LogP contribution in [-0.2, 0) is 24.3 Å². The number of carbonyl (C=O) groups excluding carboxylic acids is 2. The van der Waals surface area contributed by atoms with Crippen LogP contribution in [0.5, 0.6) is 5.75 Å². The first-order valence-corrected chi connectivity index (χ1v) is 9.63. The van der Waals surface area contributed by atoms with Crippen LogP contribution in [0.1, 0.15) is 6.42 Å². The summed E-state index contributed by atoms with van der Waals surface area (Å²) in [4.78, 5) is 22.8. The van der Waals surface area contributed by atoms with Crippen LogP contribution in [0, 0.1) is 5.82 Å². The van der Waals surface area contributed by atoms with Crippen molar-refractivity contribution in [2.75, 3.05) is 25.6 Å². The Labute approximate surface area is 161 Å². The van der Waals surface area contributed by atoms with Crippen molar-refractivity contribution < 1.29 is 31.9 Å². The van der Waals surface area contributed by atoms with Crippen molar-refractivity contribution in [2.45, 2.75) is 11.3 Å². The zero-order chi connectivity index (χ0) is 20.6. The summed E-state index contributed by atoms with van der Waals surface area (Å²) in [5.41, 5.74) is 0.483. The van der Waals surface area contributed by atoms with Gasteiger partial charge in [-0.05, 0) is 48.5 Å². The van der Waals surface area contributed by atoms with E-state index in [1.807, 2.05) is 0 Å². The van der Waals surface area contributed by atoms with Gasteiger partial charge in [0.05, 0.1) is 12.0 Å². The smallest absolute Gasteiger partial charge is 0.343 e. The molecule has 0 aliphatic carbocycles. The predicted molar refractivity (Wildman–Crippen MR) is 98.8 cm³/mol. The van der Waals surface area contributed by atoms with Crippen molar-refractivity contribution in [2.24, 2.45) is 0 Å². The van der Waals surface area contributed by atoms with Gasteiger partial charge < -0.3 is 14.8 Å². The lowest BCUT2D eigenvalue weighted by molar-refractivity contribution is -0.142. The zero-order valence-electron chi connectivity index (χ0n) is 15.0. The third kappa shape index (κ3) is 6.63. The number of sulfonamides is 1. The van der Waals surface area contributed by atoms with E-state index in [-0.39, 0.29) is 24.5 Å². The third-order valence-corrected chi connectivity index (χ3v) is 4.97. The van der Waals surface area contributed by atoms with Crippen LogP contribution in [0.4, 0.5) is 10.1 Å². The number of esters is 1. The molecule has 28 heavy (non-hydrogen) atoms. The molecule has 0 aliphatic heterocycles. The Balaban J connectivity index is 1.79. The van der Waals surface area contributed by atoms with Crippen LogP contribution in [0.25, 0.3) is 0 Å². The van der Waals surface area contributed by atoms with Crippen LogP contribution < -0.4 is 14.8 Å². The fourth-order valence-electron chi connectivity index (χ4n) is 2.06. The quantitative estimate of drug-likeness (QED) is 0.609. The largest absolute Gasteiger partial charge is 0.482 e. The monoisotopic (exact) mass is 410 g/mol. The summed E-state index contributed by atoms with van der Waals surface area (Å²) in [7, 11) is -2.56. The second kappa shape index (κ2) is 9.81. The number of rotatable bonds is 9. The molecule has 0 atom stereocenters. The van der Waals surface area contributed by atoms with Gasteiger partial charge in [-0.1, -0.05) is 0 Å². The van der Waals surface area contributed by atoms with E-state index in [1.165, 1.54) is 7.11 Å². The molecule has 2 N–H and O–H groups in total. The van der Waals surface area contributed by atoms with Crippen molar-refractivity contribution in [1.29, 1.82) is 0 Å². The Morgan fingerprint density at radius 2 is 1.68 bits per heavy atom. The standard InChI is InChI=1S/C18H19FN2O6S/c1-26-18(23)12-27-15-6-4-14(5-7-15)21-17(22)10-11-20-28(24,25)16-8-2-13(19)3-9-16/h2-9,20H,10-12H2,1H3,(H,21,22). The van der Waals surface area contributed by atoms with Gasteiger partial charge in [0.2, 0.25) is 15.9 Å². The van der Waals surface area contributed by atoms with Crippen LogP contribution in [0.3, 0.4) is 0 Å². The summed E-state index contributed by atoms with van der Waals surface area (Å²) in [6.07, 6.45) is -0.0962. The fraction of sp³-hybridized carbons (Fsp3) is 0.222. The zero-order valence-corrected chi connectivity index (χ0v) is 15.8. The Morgan fingerprint density at radius 3 is 2.29 bits per heavy atom. The van der Waals surface area contributed by atoms with E-state index in [0.717, 1.165) is 24.3 Å². The number of ether oxygens (including phenoxy) is 2. The maximum atomic E-state index is 12.9. The maximum absolute atomic E-state index is 12.9. The van der Waals surface area contributed by atoms with Crippen molar-refractivity contribution in [1.82, 2.24) is 4.72 Å². The van der Waals surface area contributed by atoms with E-state index < -0.39 is 27.7 Å². The third-order valence-electron chi connectivity index (χ3n) is 3.49. The van der Waals surface area contributed by atoms with Gasteiger partial charge in [0.1, 0.15) is 11.6 Å². The number of nitrogens with one attached hydrogen (secondary N) is 2. The van der Waals surface area contributed by atoms with Crippen molar-refractivity contribution >= 4 is 27.6 Å². The molecule has 0 saturated carbocycles. The first kappa shape index (κ1) is 21.3. The number of halogens is 1. The van der Waals surface area contributed by atoms with Crippen molar-refractivity contribution in [3.8, 4) is 5.75 Å². The molecule has 0 aromatic heterocycles. The average molecular weight is 410 g/mol. The highest BCUT2D eigenvalue weighted by molar-refractivity contribution is 7.89. The second-order valence-corrected chi connectivity index (χ2v) is 7.31. The molecule has 10 heteroatoms. The van der Waals surface area contributed by atoms with E-state index >= 15 is 0 Å². The summed E-state index contributed by atoms with van der Waals surface area (Å²) in [6.45, 7) is -0.345. The van der Waals surface area contributed by atoms with Gasteiger partial charge in [-0.3, -0.25) is 4.79 Å². The molecule has 0 unspecified atom stereocenters. The molecule has 0 heterocycles. The van der Waals surface area contributed by atoms with Gasteiger partial charge in [-0.2, -0.15) is 0 Å². The molecule has 0 saturated heterocycles. The van der Waals surface area contributed by atoms with E-state index in [1.54, 1.807) is 24.3 Å². The van der Waals surface area contributed by atoms with Gasteiger partial charge in [0.25, 0.3) is 0 Å². The minimum Gasteiger partial charge on any atom is -0.482 e. The van der Waals surface area contributed by atoms with Gasteiger partial charge in [0.15, 0.2) is 6.61 Å². The van der Waals surface area contributed by atoms with Gasteiger partial charge in [0, 0.05) is 18.7 Å². The molecule has 0 bridgehead atoms. The number of benzene rings is 2. The summed E-state index contributed by atoms with van der Waals surface area (Å²) in [5.74, 6) is -1.03. The highest BCUT2D eigenvalue weighted by Gasteiger charge is 2.14. The molecule has 0 fully saturated rings. The number of amides is 1. The van der Waals surface area contributed by atoms with E-state index in [2.05, 4.69) is 14.8 Å². The molecule has 2 rings (SSSR count). The Morgan fingerprint density at radius 1 is 1.04 bits per heavy atom. The summed E-state index contributed by atoms with van der Waals surface area (Å²) in [6, 6.07) is 10.6. The number of carbonyl (C=O) groups is 2. The SMILES string of the molecule is COC(=O)COc1ccc(NC(=O)CCNS(=O)(=O)c2ccc(F)cc2)cc1. The Hall–Kier alpha value is -2.98. The van der Waals surface area contributed by atoms with Crippen molar-refractivity contribution in [3.63, 3.8) is 0 Å². The second-order valence-electron chi connectivity index (χ2n) is 5.54. The predicted octanol–water partition coefficient (Wildman–Crippen LogP) is 1.68. The molecule has 2 aromatic rings. The first-order valence-electron chi connectivity index (χ1n) is 8.15. The van der Waals surface area contributed by atoms with Crippen LogP contribution >= 0.6 is 0 Å². The van der Waals surface area contributed by atoms with Crippen molar-refractivity contribution in [3.05, 3.63) is 54.3 Å². The van der Waals surface area contributed by atoms with Gasteiger partial charge in [-0.15, -0.1) is 0 Å². The fourth-order valence-corrected chi connectivity index (χ4v) is 3.09. The number of methoxy groups -OCH3 is 1. The van der Waals surface area contributed by atoms with E-state index in [9.17, 15) is 22.4 Å². The maximum Gasteiger partial charge on any atom is 0.343 e. The molecule has 1 amide bonds. The lowest BCUT2D eigenvalue weighted by Crippen LogP contribution is -2.27. The summed E-state index contributed by atoms with van der Waals surface area (Å²) < 4.78 is 48.9. The van der Waals surface area contributed by atoms with Crippen LogP contribution in [0.2, 0.25) is 0 Å². The van der Waals surface area contributed by atoms with E-state index in [4.69, 9.17) is 4.74 Å². The molecule has 0 radical (unpaired) electrons. The van der Waals surface area contributed by atoms with Crippen LogP contribution in [-0.4, -0.2) is 40.6 Å². The minimum absolute atomic E-state index is 0.0862. The van der Waals surface area contributed by atoms with E-state index in [0.29, 0.717) is 11.4 Å². The Kier molecular flexibility index (Phi) is 7.47. The summed E-state index contributed by atoms with van der Waals surface area (Å²) in [5, 5.41) is 2.61.